The van der Waals surface area contributed by atoms with Crippen LogP contribution in [0, 0.1) is 0 Å². The van der Waals surface area contributed by atoms with Crippen LogP contribution in [0.15, 0.2) is 54.6 Å². The summed E-state index contributed by atoms with van der Waals surface area (Å²) in [5.41, 5.74) is 3.60. The first-order valence-electron chi connectivity index (χ1n) is 7.91. The highest BCUT2D eigenvalue weighted by Crippen LogP contribution is 2.09. The van der Waals surface area contributed by atoms with E-state index in [1.54, 1.807) is 0 Å². The summed E-state index contributed by atoms with van der Waals surface area (Å²) in [5, 5.41) is 6.09. The minimum atomic E-state index is 0.0348. The van der Waals surface area contributed by atoms with Gasteiger partial charge in [0.25, 0.3) is 0 Å². The maximum Gasteiger partial charge on any atom is 0.239 e. The van der Waals surface area contributed by atoms with E-state index in [9.17, 15) is 4.79 Å². The summed E-state index contributed by atoms with van der Waals surface area (Å²) in [6, 6.07) is 18.5. The Hall–Kier alpha value is -2.29. The second kappa shape index (κ2) is 8.88. The van der Waals surface area contributed by atoms with E-state index < -0.39 is 0 Å². The molecular weight excluding hydrogens is 272 g/mol. The molecule has 0 bridgehead atoms. The van der Waals surface area contributed by atoms with Crippen molar-refractivity contribution in [1.29, 1.82) is 0 Å². The lowest BCUT2D eigenvalue weighted by Gasteiger charge is -2.08. The average Bonchev–Trinajstić information content (AvgIpc) is 2.58. The van der Waals surface area contributed by atoms with E-state index >= 15 is 0 Å². The summed E-state index contributed by atoms with van der Waals surface area (Å²) < 4.78 is 0. The van der Waals surface area contributed by atoms with Crippen molar-refractivity contribution in [1.82, 2.24) is 5.32 Å². The van der Waals surface area contributed by atoms with Gasteiger partial charge in [-0.25, -0.2) is 0 Å². The molecule has 0 saturated heterocycles. The minimum Gasteiger partial charge on any atom is -0.376 e. The van der Waals surface area contributed by atoms with Gasteiger partial charge in [0.15, 0.2) is 0 Å². The standard InChI is InChI=1S/C19H24N2O/c1-2-16-10-12-18(13-11-16)21-15-19(22)20-14-6-9-17-7-4-3-5-8-17/h3-5,7-8,10-13,21H,2,6,9,14-15H2,1H3,(H,20,22). The molecule has 22 heavy (non-hydrogen) atoms. The van der Waals surface area contributed by atoms with E-state index in [0.29, 0.717) is 13.1 Å². The molecule has 0 saturated carbocycles. The summed E-state index contributed by atoms with van der Waals surface area (Å²) >= 11 is 0. The molecule has 2 aromatic carbocycles. The van der Waals surface area contributed by atoms with Gasteiger partial charge in [-0.15, -0.1) is 0 Å². The number of anilines is 1. The van der Waals surface area contributed by atoms with Crippen LogP contribution in [0.3, 0.4) is 0 Å². The highest BCUT2D eigenvalue weighted by Gasteiger charge is 2.01. The third-order valence-corrected chi connectivity index (χ3v) is 3.62. The van der Waals surface area contributed by atoms with Crippen LogP contribution in [0.2, 0.25) is 0 Å². The number of carbonyl (C=O) groups excluding carboxylic acids is 1. The number of nitrogens with one attached hydrogen (secondary N) is 2. The van der Waals surface area contributed by atoms with Gasteiger partial charge in [-0.2, -0.15) is 0 Å². The Labute approximate surface area is 132 Å². The van der Waals surface area contributed by atoms with Gasteiger partial charge in [0.2, 0.25) is 5.91 Å². The van der Waals surface area contributed by atoms with E-state index in [0.717, 1.165) is 24.9 Å². The molecule has 2 N–H and O–H groups in total. The number of benzene rings is 2. The summed E-state index contributed by atoms with van der Waals surface area (Å²) in [6.07, 6.45) is 2.98. The van der Waals surface area contributed by atoms with Gasteiger partial charge in [-0.05, 0) is 42.5 Å². The highest BCUT2D eigenvalue weighted by molar-refractivity contribution is 5.80. The highest BCUT2D eigenvalue weighted by atomic mass is 16.1. The van der Waals surface area contributed by atoms with E-state index in [1.807, 2.05) is 30.3 Å². The fourth-order valence-corrected chi connectivity index (χ4v) is 2.27. The van der Waals surface area contributed by atoms with E-state index in [-0.39, 0.29) is 5.91 Å². The molecule has 0 unspecified atom stereocenters. The van der Waals surface area contributed by atoms with E-state index in [4.69, 9.17) is 0 Å². The van der Waals surface area contributed by atoms with Crippen molar-refractivity contribution in [3.63, 3.8) is 0 Å². The lowest BCUT2D eigenvalue weighted by Crippen LogP contribution is -2.30. The molecule has 0 heterocycles. The lowest BCUT2D eigenvalue weighted by molar-refractivity contribution is -0.119. The van der Waals surface area contributed by atoms with Gasteiger partial charge in [-0.3, -0.25) is 4.79 Å². The van der Waals surface area contributed by atoms with Crippen LogP contribution < -0.4 is 10.6 Å². The Morgan fingerprint density at radius 1 is 0.955 bits per heavy atom. The molecule has 0 fully saturated rings. The molecule has 0 spiro atoms. The van der Waals surface area contributed by atoms with Crippen LogP contribution in [-0.2, 0) is 17.6 Å². The van der Waals surface area contributed by atoms with Crippen LogP contribution in [0.5, 0.6) is 0 Å². The molecule has 2 rings (SSSR count). The number of carbonyl (C=O) groups is 1. The van der Waals surface area contributed by atoms with Gasteiger partial charge in [-0.1, -0.05) is 49.4 Å². The molecule has 0 atom stereocenters. The molecular formula is C19H24N2O. The molecule has 1 amide bonds. The van der Waals surface area contributed by atoms with Crippen molar-refractivity contribution in [3.8, 4) is 0 Å². The zero-order valence-electron chi connectivity index (χ0n) is 13.1. The summed E-state index contributed by atoms with van der Waals surface area (Å²) in [6.45, 7) is 3.16. The predicted octanol–water partition coefficient (Wildman–Crippen LogP) is 3.41. The average molecular weight is 296 g/mol. The smallest absolute Gasteiger partial charge is 0.239 e. The van der Waals surface area contributed by atoms with Crippen molar-refractivity contribution in [2.75, 3.05) is 18.4 Å². The van der Waals surface area contributed by atoms with Gasteiger partial charge < -0.3 is 10.6 Å². The van der Waals surface area contributed by atoms with Crippen LogP contribution in [-0.4, -0.2) is 19.0 Å². The van der Waals surface area contributed by atoms with Crippen LogP contribution >= 0.6 is 0 Å². The first-order chi connectivity index (χ1) is 10.8. The first-order valence-corrected chi connectivity index (χ1v) is 7.91. The maximum absolute atomic E-state index is 11.8. The number of amides is 1. The van der Waals surface area contributed by atoms with Gasteiger partial charge in [0.1, 0.15) is 0 Å². The van der Waals surface area contributed by atoms with Crippen molar-refractivity contribution in [3.05, 3.63) is 65.7 Å². The van der Waals surface area contributed by atoms with E-state index in [1.165, 1.54) is 11.1 Å². The van der Waals surface area contributed by atoms with Crippen LogP contribution in [0.4, 0.5) is 5.69 Å². The number of hydrogen-bond donors (Lipinski definition) is 2. The fourth-order valence-electron chi connectivity index (χ4n) is 2.27. The molecule has 0 aliphatic rings. The largest absolute Gasteiger partial charge is 0.376 e. The summed E-state index contributed by atoms with van der Waals surface area (Å²) in [4.78, 5) is 11.8. The van der Waals surface area contributed by atoms with Crippen LogP contribution in [0.1, 0.15) is 24.5 Å². The lowest BCUT2D eigenvalue weighted by atomic mass is 10.1. The molecule has 2 aromatic rings. The normalized spacial score (nSPS) is 10.2. The number of rotatable bonds is 8. The SMILES string of the molecule is CCc1ccc(NCC(=O)NCCCc2ccccc2)cc1. The van der Waals surface area contributed by atoms with Crippen LogP contribution in [0.25, 0.3) is 0 Å². The third kappa shape index (κ3) is 5.60. The summed E-state index contributed by atoms with van der Waals surface area (Å²) in [5.74, 6) is 0.0348. The topological polar surface area (TPSA) is 41.1 Å². The Kier molecular flexibility index (Phi) is 6.49. The zero-order valence-corrected chi connectivity index (χ0v) is 13.1. The second-order valence-corrected chi connectivity index (χ2v) is 5.34. The maximum atomic E-state index is 11.8. The Morgan fingerprint density at radius 3 is 2.36 bits per heavy atom. The first kappa shape index (κ1) is 16.1. The number of aryl methyl sites for hydroxylation is 2. The molecule has 3 heteroatoms. The molecule has 116 valence electrons. The Bertz CT molecular complexity index is 564. The molecule has 0 aliphatic heterocycles. The third-order valence-electron chi connectivity index (χ3n) is 3.62. The quantitative estimate of drug-likeness (QED) is 0.733. The Balaban J connectivity index is 1.61. The van der Waals surface area contributed by atoms with Gasteiger partial charge in [0, 0.05) is 12.2 Å². The predicted molar refractivity (Wildman–Crippen MR) is 92.1 cm³/mol. The molecule has 3 nitrogen and oxygen atoms in total. The monoisotopic (exact) mass is 296 g/mol. The second-order valence-electron chi connectivity index (χ2n) is 5.34. The molecule has 0 radical (unpaired) electrons. The van der Waals surface area contributed by atoms with Crippen molar-refractivity contribution < 1.29 is 4.79 Å². The fraction of sp³-hybridized carbons (Fsp3) is 0.316. The van der Waals surface area contributed by atoms with E-state index in [2.05, 4.69) is 41.8 Å². The van der Waals surface area contributed by atoms with Crippen molar-refractivity contribution in [2.24, 2.45) is 0 Å². The molecule has 0 aromatic heterocycles. The number of hydrogen-bond acceptors (Lipinski definition) is 2. The van der Waals surface area contributed by atoms with Crippen molar-refractivity contribution in [2.45, 2.75) is 26.2 Å². The van der Waals surface area contributed by atoms with Crippen molar-refractivity contribution >= 4 is 11.6 Å². The summed E-state index contributed by atoms with van der Waals surface area (Å²) in [7, 11) is 0. The Morgan fingerprint density at radius 2 is 1.68 bits per heavy atom. The van der Waals surface area contributed by atoms with Gasteiger partial charge in [0.05, 0.1) is 6.54 Å². The van der Waals surface area contributed by atoms with Gasteiger partial charge >= 0.3 is 0 Å². The molecule has 0 aliphatic carbocycles. The zero-order chi connectivity index (χ0) is 15.6. The minimum absolute atomic E-state index is 0.0348.